The maximum atomic E-state index is 12.0. The highest BCUT2D eigenvalue weighted by atomic mass is 127. The maximum Gasteiger partial charge on any atom is 0.255 e. The number of anilines is 2. The van der Waals surface area contributed by atoms with Gasteiger partial charge in [0.1, 0.15) is 5.75 Å². The first-order valence-electron chi connectivity index (χ1n) is 5.60. The Morgan fingerprint density at radius 2 is 1.89 bits per heavy atom. The molecule has 4 nitrogen and oxygen atoms in total. The van der Waals surface area contributed by atoms with Crippen LogP contribution >= 0.6 is 22.6 Å². The van der Waals surface area contributed by atoms with Crippen molar-refractivity contribution in [2.75, 3.05) is 18.2 Å². The molecular weight excluding hydrogens is 355 g/mol. The number of hydrogen-bond acceptors (Lipinski definition) is 3. The molecule has 2 aromatic carbocycles. The van der Waals surface area contributed by atoms with E-state index in [1.807, 2.05) is 12.1 Å². The van der Waals surface area contributed by atoms with Crippen LogP contribution < -0.4 is 15.8 Å². The van der Waals surface area contributed by atoms with Gasteiger partial charge in [-0.2, -0.15) is 0 Å². The lowest BCUT2D eigenvalue weighted by Crippen LogP contribution is -2.13. The summed E-state index contributed by atoms with van der Waals surface area (Å²) in [5, 5.41) is 2.78. The molecule has 0 aromatic heterocycles. The van der Waals surface area contributed by atoms with Gasteiger partial charge in [-0.25, -0.2) is 0 Å². The number of methoxy groups -OCH3 is 1. The lowest BCUT2D eigenvalue weighted by molar-refractivity contribution is 0.102. The molecule has 0 bridgehead atoms. The van der Waals surface area contributed by atoms with Crippen LogP contribution in [-0.2, 0) is 0 Å². The van der Waals surface area contributed by atoms with E-state index in [9.17, 15) is 4.79 Å². The summed E-state index contributed by atoms with van der Waals surface area (Å²) >= 11 is 2.19. The average Bonchev–Trinajstić information content (AvgIpc) is 2.41. The molecule has 0 unspecified atom stereocenters. The van der Waals surface area contributed by atoms with E-state index >= 15 is 0 Å². The second-order valence-corrected chi connectivity index (χ2v) is 5.16. The zero-order valence-electron chi connectivity index (χ0n) is 10.3. The number of carbonyl (C=O) groups excluding carboxylic acids is 1. The van der Waals surface area contributed by atoms with E-state index in [0.29, 0.717) is 22.7 Å². The van der Waals surface area contributed by atoms with Crippen molar-refractivity contribution in [3.05, 3.63) is 51.6 Å². The molecule has 0 spiro atoms. The van der Waals surface area contributed by atoms with Crippen LogP contribution in [0.15, 0.2) is 42.5 Å². The van der Waals surface area contributed by atoms with Crippen LogP contribution in [0.4, 0.5) is 11.4 Å². The van der Waals surface area contributed by atoms with Gasteiger partial charge < -0.3 is 15.8 Å². The number of ether oxygens (including phenoxy) is 1. The number of carbonyl (C=O) groups is 1. The van der Waals surface area contributed by atoms with Crippen molar-refractivity contribution < 1.29 is 9.53 Å². The fourth-order valence-electron chi connectivity index (χ4n) is 1.58. The van der Waals surface area contributed by atoms with Crippen LogP contribution in [0.2, 0.25) is 0 Å². The van der Waals surface area contributed by atoms with Gasteiger partial charge in [-0.3, -0.25) is 4.79 Å². The van der Waals surface area contributed by atoms with E-state index in [1.54, 1.807) is 37.4 Å². The van der Waals surface area contributed by atoms with Gasteiger partial charge in [0.2, 0.25) is 0 Å². The SMILES string of the molecule is COc1ccc(NC(=O)c2ccc(I)cc2)c(N)c1. The lowest BCUT2D eigenvalue weighted by Gasteiger charge is -2.09. The van der Waals surface area contributed by atoms with Crippen LogP contribution in [0.25, 0.3) is 0 Å². The average molecular weight is 368 g/mol. The Hall–Kier alpha value is -1.76. The first kappa shape index (κ1) is 13.7. The normalized spacial score (nSPS) is 10.0. The highest BCUT2D eigenvalue weighted by Crippen LogP contribution is 2.24. The highest BCUT2D eigenvalue weighted by Gasteiger charge is 2.08. The summed E-state index contributed by atoms with van der Waals surface area (Å²) in [5.41, 5.74) is 7.49. The number of amides is 1. The minimum atomic E-state index is -0.187. The Morgan fingerprint density at radius 3 is 2.47 bits per heavy atom. The van der Waals surface area contributed by atoms with Crippen LogP contribution in [0.5, 0.6) is 5.75 Å². The molecule has 0 aliphatic heterocycles. The zero-order chi connectivity index (χ0) is 13.8. The van der Waals surface area contributed by atoms with Crippen LogP contribution in [0, 0.1) is 3.57 Å². The van der Waals surface area contributed by atoms with Crippen molar-refractivity contribution >= 4 is 39.9 Å². The Kier molecular flexibility index (Phi) is 4.26. The first-order chi connectivity index (χ1) is 9.10. The summed E-state index contributed by atoms with van der Waals surface area (Å²) in [6.07, 6.45) is 0. The number of benzene rings is 2. The fourth-order valence-corrected chi connectivity index (χ4v) is 1.94. The summed E-state index contributed by atoms with van der Waals surface area (Å²) in [7, 11) is 1.57. The van der Waals surface area contributed by atoms with Crippen molar-refractivity contribution in [1.82, 2.24) is 0 Å². The second kappa shape index (κ2) is 5.92. The largest absolute Gasteiger partial charge is 0.497 e. The topological polar surface area (TPSA) is 64.3 Å². The monoisotopic (exact) mass is 368 g/mol. The quantitative estimate of drug-likeness (QED) is 0.646. The van der Waals surface area contributed by atoms with Gasteiger partial charge in [-0.15, -0.1) is 0 Å². The number of rotatable bonds is 3. The minimum Gasteiger partial charge on any atom is -0.497 e. The van der Waals surface area contributed by atoms with Crippen LogP contribution in [0.1, 0.15) is 10.4 Å². The fraction of sp³-hybridized carbons (Fsp3) is 0.0714. The molecule has 5 heteroatoms. The summed E-state index contributed by atoms with van der Waals surface area (Å²) in [6, 6.07) is 12.5. The molecule has 2 rings (SSSR count). The summed E-state index contributed by atoms with van der Waals surface area (Å²) in [6.45, 7) is 0. The maximum absolute atomic E-state index is 12.0. The predicted molar refractivity (Wildman–Crippen MR) is 84.5 cm³/mol. The first-order valence-corrected chi connectivity index (χ1v) is 6.68. The number of nitrogen functional groups attached to an aromatic ring is 1. The van der Waals surface area contributed by atoms with Crippen LogP contribution in [0.3, 0.4) is 0 Å². The zero-order valence-corrected chi connectivity index (χ0v) is 12.5. The Bertz CT molecular complexity index is 597. The highest BCUT2D eigenvalue weighted by molar-refractivity contribution is 14.1. The van der Waals surface area contributed by atoms with Gasteiger partial charge in [0.05, 0.1) is 18.5 Å². The standard InChI is InChI=1S/C14H13IN2O2/c1-19-11-6-7-13(12(16)8-11)17-14(18)9-2-4-10(15)5-3-9/h2-8H,16H2,1H3,(H,17,18). The predicted octanol–water partition coefficient (Wildman–Crippen LogP) is 3.13. The van der Waals surface area contributed by atoms with Gasteiger partial charge in [0, 0.05) is 15.2 Å². The molecular formula is C14H13IN2O2. The van der Waals surface area contributed by atoms with E-state index < -0.39 is 0 Å². The van der Waals surface area contributed by atoms with Gasteiger partial charge in [-0.05, 0) is 59.0 Å². The molecule has 1 amide bonds. The Morgan fingerprint density at radius 1 is 1.21 bits per heavy atom. The molecule has 0 aliphatic rings. The number of hydrogen-bond donors (Lipinski definition) is 2. The smallest absolute Gasteiger partial charge is 0.255 e. The molecule has 0 aliphatic carbocycles. The third-order valence-electron chi connectivity index (χ3n) is 2.61. The molecule has 2 aromatic rings. The van der Waals surface area contributed by atoms with E-state index in [0.717, 1.165) is 3.57 Å². The number of nitrogens with one attached hydrogen (secondary N) is 1. The molecule has 0 fully saturated rings. The molecule has 0 radical (unpaired) electrons. The van der Waals surface area contributed by atoms with Crippen molar-refractivity contribution in [3.8, 4) is 5.75 Å². The van der Waals surface area contributed by atoms with E-state index in [-0.39, 0.29) is 5.91 Å². The summed E-state index contributed by atoms with van der Waals surface area (Å²) in [5.74, 6) is 0.470. The van der Waals surface area contributed by atoms with Gasteiger partial charge >= 0.3 is 0 Å². The molecule has 98 valence electrons. The number of halogens is 1. The molecule has 19 heavy (non-hydrogen) atoms. The molecule has 0 atom stereocenters. The summed E-state index contributed by atoms with van der Waals surface area (Å²) < 4.78 is 6.14. The Balaban J connectivity index is 2.17. The minimum absolute atomic E-state index is 0.187. The Labute approximate surface area is 125 Å². The van der Waals surface area contributed by atoms with Gasteiger partial charge in [-0.1, -0.05) is 0 Å². The van der Waals surface area contributed by atoms with Crippen molar-refractivity contribution in [3.63, 3.8) is 0 Å². The van der Waals surface area contributed by atoms with Crippen LogP contribution in [-0.4, -0.2) is 13.0 Å². The van der Waals surface area contributed by atoms with Gasteiger partial charge in [0.15, 0.2) is 0 Å². The van der Waals surface area contributed by atoms with Gasteiger partial charge in [0.25, 0.3) is 5.91 Å². The van der Waals surface area contributed by atoms with Crippen molar-refractivity contribution in [2.45, 2.75) is 0 Å². The number of nitrogens with two attached hydrogens (primary N) is 1. The molecule has 0 saturated heterocycles. The van der Waals surface area contributed by atoms with Crippen molar-refractivity contribution in [1.29, 1.82) is 0 Å². The third kappa shape index (κ3) is 3.37. The van der Waals surface area contributed by atoms with E-state index in [4.69, 9.17) is 10.5 Å². The second-order valence-electron chi connectivity index (χ2n) is 3.91. The lowest BCUT2D eigenvalue weighted by atomic mass is 10.2. The molecule has 0 saturated carbocycles. The summed E-state index contributed by atoms with van der Waals surface area (Å²) in [4.78, 5) is 12.0. The van der Waals surface area contributed by atoms with E-state index in [1.165, 1.54) is 0 Å². The molecule has 0 heterocycles. The van der Waals surface area contributed by atoms with Crippen molar-refractivity contribution in [2.24, 2.45) is 0 Å². The van der Waals surface area contributed by atoms with E-state index in [2.05, 4.69) is 27.9 Å². The third-order valence-corrected chi connectivity index (χ3v) is 3.33. The molecule has 3 N–H and O–H groups in total.